The second-order valence-electron chi connectivity index (χ2n) is 4.00. The smallest absolute Gasteiger partial charge is 0.149 e. The molecule has 0 saturated carbocycles. The molecule has 0 fully saturated rings. The Morgan fingerprint density at radius 3 is 2.45 bits per heavy atom. The largest absolute Gasteiger partial charge is 0.505 e. The normalized spacial score (nSPS) is 10.6. The molecule has 2 rings (SSSR count). The van der Waals surface area contributed by atoms with Gasteiger partial charge < -0.3 is 9.41 Å². The summed E-state index contributed by atoms with van der Waals surface area (Å²) in [4.78, 5) is 0.696. The first-order valence-corrected chi connectivity index (χ1v) is 8.22. The minimum Gasteiger partial charge on any atom is -0.505 e. The predicted molar refractivity (Wildman–Crippen MR) is 91.1 cm³/mol. The lowest BCUT2D eigenvalue weighted by atomic mass is 10.3. The molecule has 20 heavy (non-hydrogen) atoms. The van der Waals surface area contributed by atoms with Crippen molar-refractivity contribution in [2.24, 2.45) is 0 Å². The number of aromatic hydroxyl groups is 1. The van der Waals surface area contributed by atoms with Crippen LogP contribution in [0.4, 0.5) is 5.69 Å². The summed E-state index contributed by atoms with van der Waals surface area (Å²) in [6.07, 6.45) is 0. The summed E-state index contributed by atoms with van der Waals surface area (Å²) in [5, 5.41) is 11.1. The molecule has 0 aromatic heterocycles. The zero-order valence-electron chi connectivity index (χ0n) is 10.6. The van der Waals surface area contributed by atoms with E-state index in [2.05, 4.69) is 15.9 Å². The maximum atomic E-state index is 10.0. The monoisotopic (exact) mass is 391 g/mol. The Hall–Kier alpha value is -0.550. The van der Waals surface area contributed by atoms with Gasteiger partial charge in [-0.25, -0.2) is 0 Å². The number of rotatable bonds is 4. The molecule has 0 aliphatic heterocycles. The fraction of sp³-hybridized carbons (Fsp3) is 0.143. The van der Waals surface area contributed by atoms with E-state index in [4.69, 9.17) is 23.2 Å². The second kappa shape index (κ2) is 6.94. The Labute approximate surface area is 141 Å². The van der Waals surface area contributed by atoms with Crippen molar-refractivity contribution < 1.29 is 5.11 Å². The molecule has 6 heteroatoms. The van der Waals surface area contributed by atoms with Gasteiger partial charge in [-0.05, 0) is 55.3 Å². The van der Waals surface area contributed by atoms with Crippen LogP contribution in [0.25, 0.3) is 0 Å². The van der Waals surface area contributed by atoms with E-state index >= 15 is 0 Å². The molecule has 0 bridgehead atoms. The highest BCUT2D eigenvalue weighted by atomic mass is 79.9. The molecule has 0 heterocycles. The second-order valence-corrected chi connectivity index (χ2v) is 6.82. The molecule has 0 aliphatic rings. The molecule has 2 nitrogen and oxygen atoms in total. The van der Waals surface area contributed by atoms with Crippen LogP contribution in [0.5, 0.6) is 5.75 Å². The molecule has 0 aliphatic carbocycles. The predicted octanol–water partition coefficient (Wildman–Crippen LogP) is 6.00. The van der Waals surface area contributed by atoms with Crippen molar-refractivity contribution in [3.8, 4) is 5.75 Å². The zero-order chi connectivity index (χ0) is 14.7. The van der Waals surface area contributed by atoms with Gasteiger partial charge in [-0.2, -0.15) is 0 Å². The summed E-state index contributed by atoms with van der Waals surface area (Å²) in [6.45, 7) is 2.81. The van der Waals surface area contributed by atoms with Crippen LogP contribution in [-0.2, 0) is 0 Å². The average Bonchev–Trinajstić information content (AvgIpc) is 2.42. The van der Waals surface area contributed by atoms with Crippen LogP contribution in [0.2, 0.25) is 10.0 Å². The molecule has 2 aromatic carbocycles. The first-order chi connectivity index (χ1) is 9.51. The van der Waals surface area contributed by atoms with Crippen LogP contribution in [0.3, 0.4) is 0 Å². The number of nitrogens with zero attached hydrogens (tertiary/aromatic N) is 1. The Morgan fingerprint density at radius 1 is 1.20 bits per heavy atom. The Kier molecular flexibility index (Phi) is 5.49. The van der Waals surface area contributed by atoms with E-state index in [0.717, 1.165) is 16.7 Å². The number of phenolic OH excluding ortho intramolecular Hbond substituents is 1. The molecule has 0 amide bonds. The van der Waals surface area contributed by atoms with Crippen molar-refractivity contribution in [1.29, 1.82) is 0 Å². The van der Waals surface area contributed by atoms with Crippen molar-refractivity contribution >= 4 is 56.8 Å². The summed E-state index contributed by atoms with van der Waals surface area (Å²) in [5.74, 6) is 0.0901. The molecule has 0 saturated heterocycles. The molecular weight excluding hydrogens is 381 g/mol. The van der Waals surface area contributed by atoms with Crippen LogP contribution in [0, 0.1) is 0 Å². The third-order valence-electron chi connectivity index (χ3n) is 2.60. The van der Waals surface area contributed by atoms with E-state index in [1.165, 1.54) is 11.9 Å². The van der Waals surface area contributed by atoms with E-state index < -0.39 is 0 Å². The van der Waals surface area contributed by atoms with E-state index in [1.54, 1.807) is 6.07 Å². The zero-order valence-corrected chi connectivity index (χ0v) is 14.5. The van der Waals surface area contributed by atoms with Gasteiger partial charge in [0.1, 0.15) is 5.75 Å². The Morgan fingerprint density at radius 2 is 1.85 bits per heavy atom. The van der Waals surface area contributed by atoms with Crippen molar-refractivity contribution in [3.63, 3.8) is 0 Å². The summed E-state index contributed by atoms with van der Waals surface area (Å²) in [5.41, 5.74) is 1.01. The third kappa shape index (κ3) is 3.76. The summed E-state index contributed by atoms with van der Waals surface area (Å²) in [7, 11) is 0. The lowest BCUT2D eigenvalue weighted by Crippen LogP contribution is -2.12. The van der Waals surface area contributed by atoms with Crippen LogP contribution in [-0.4, -0.2) is 11.7 Å². The Bertz CT molecular complexity index is 607. The summed E-state index contributed by atoms with van der Waals surface area (Å²) >= 11 is 16.7. The van der Waals surface area contributed by atoms with Gasteiger partial charge in [0, 0.05) is 21.7 Å². The van der Waals surface area contributed by atoms with Gasteiger partial charge in [0.2, 0.25) is 0 Å². The summed E-state index contributed by atoms with van der Waals surface area (Å²) in [6, 6.07) is 11.1. The first kappa shape index (κ1) is 15.8. The highest BCUT2D eigenvalue weighted by molar-refractivity contribution is 9.10. The van der Waals surface area contributed by atoms with Crippen LogP contribution in [0.1, 0.15) is 6.92 Å². The van der Waals surface area contributed by atoms with Gasteiger partial charge >= 0.3 is 0 Å². The SMILES string of the molecule is CCN(Sc1cc(Br)cc(Cl)c1O)c1ccc(Cl)cc1. The van der Waals surface area contributed by atoms with Gasteiger partial charge in [0.25, 0.3) is 0 Å². The molecule has 106 valence electrons. The lowest BCUT2D eigenvalue weighted by molar-refractivity contribution is 0.462. The maximum absolute atomic E-state index is 10.0. The summed E-state index contributed by atoms with van der Waals surface area (Å²) < 4.78 is 2.88. The minimum absolute atomic E-state index is 0.0901. The molecule has 0 unspecified atom stereocenters. The number of phenols is 1. The van der Waals surface area contributed by atoms with E-state index in [0.29, 0.717) is 14.9 Å². The van der Waals surface area contributed by atoms with Gasteiger partial charge in [0.05, 0.1) is 9.92 Å². The lowest BCUT2D eigenvalue weighted by Gasteiger charge is -2.22. The molecule has 0 atom stereocenters. The molecular formula is C14H12BrCl2NOS. The van der Waals surface area contributed by atoms with Gasteiger partial charge in [-0.3, -0.25) is 0 Å². The van der Waals surface area contributed by atoms with Crippen LogP contribution >= 0.6 is 51.1 Å². The first-order valence-electron chi connectivity index (χ1n) is 5.90. The number of hydrogen-bond acceptors (Lipinski definition) is 3. The van der Waals surface area contributed by atoms with Crippen molar-refractivity contribution in [2.45, 2.75) is 11.8 Å². The number of hydrogen-bond donors (Lipinski definition) is 1. The number of anilines is 1. The highest BCUT2D eigenvalue weighted by Gasteiger charge is 2.13. The average molecular weight is 393 g/mol. The van der Waals surface area contributed by atoms with Crippen LogP contribution < -0.4 is 4.31 Å². The van der Waals surface area contributed by atoms with Gasteiger partial charge in [-0.1, -0.05) is 39.1 Å². The van der Waals surface area contributed by atoms with E-state index in [1.807, 2.05) is 41.6 Å². The minimum atomic E-state index is 0.0901. The van der Waals surface area contributed by atoms with E-state index in [9.17, 15) is 5.11 Å². The molecule has 0 radical (unpaired) electrons. The molecule has 0 spiro atoms. The van der Waals surface area contributed by atoms with Crippen LogP contribution in [0.15, 0.2) is 45.8 Å². The Balaban J connectivity index is 2.29. The highest BCUT2D eigenvalue weighted by Crippen LogP contribution is 2.40. The van der Waals surface area contributed by atoms with Gasteiger partial charge in [0.15, 0.2) is 0 Å². The number of halogens is 3. The molecule has 1 N–H and O–H groups in total. The fourth-order valence-electron chi connectivity index (χ4n) is 1.64. The quantitative estimate of drug-likeness (QED) is 0.645. The maximum Gasteiger partial charge on any atom is 0.149 e. The number of benzene rings is 2. The van der Waals surface area contributed by atoms with Crippen molar-refractivity contribution in [1.82, 2.24) is 0 Å². The third-order valence-corrected chi connectivity index (χ3v) is 4.80. The van der Waals surface area contributed by atoms with Crippen molar-refractivity contribution in [3.05, 3.63) is 50.9 Å². The standard InChI is InChI=1S/C14H12BrCl2NOS/c1-2-18(11-5-3-10(16)4-6-11)20-13-8-9(15)7-12(17)14(13)19/h3-8,19H,2H2,1H3. The molecule has 2 aromatic rings. The van der Waals surface area contributed by atoms with Crippen molar-refractivity contribution in [2.75, 3.05) is 10.8 Å². The topological polar surface area (TPSA) is 23.5 Å². The fourth-order valence-corrected chi connectivity index (χ4v) is 3.75. The van der Waals surface area contributed by atoms with Gasteiger partial charge in [-0.15, -0.1) is 0 Å². The van der Waals surface area contributed by atoms with E-state index in [-0.39, 0.29) is 5.75 Å².